The average molecular weight is 295 g/mol. The molecule has 0 aliphatic heterocycles. The van der Waals surface area contributed by atoms with Crippen molar-refractivity contribution in [2.45, 2.75) is 51.4 Å². The molecule has 2 unspecified atom stereocenters. The van der Waals surface area contributed by atoms with Crippen LogP contribution in [0, 0.1) is 23.1 Å². The van der Waals surface area contributed by atoms with Crippen molar-refractivity contribution in [1.82, 2.24) is 0 Å². The molecule has 114 valence electrons. The minimum absolute atomic E-state index is 0.145. The van der Waals surface area contributed by atoms with E-state index in [1.54, 1.807) is 23.3 Å². The van der Waals surface area contributed by atoms with Crippen LogP contribution in [0.2, 0.25) is 0 Å². The standard InChI is InChI=1S/C20H22FN/c1-2-3-14-4-5-16-11-17(7-6-15(16)10-14)18-8-9-19(13-22)20(21)12-18/h2-3,8-9,12,14,17H,4-7,10-11H2,1H3. The van der Waals surface area contributed by atoms with E-state index in [-0.39, 0.29) is 11.4 Å². The molecular formula is C20H22FN. The molecule has 0 N–H and O–H groups in total. The minimum Gasteiger partial charge on any atom is -0.206 e. The van der Waals surface area contributed by atoms with E-state index < -0.39 is 0 Å². The molecule has 0 spiro atoms. The first kappa shape index (κ1) is 15.0. The van der Waals surface area contributed by atoms with Crippen LogP contribution in [0.1, 0.15) is 62.5 Å². The van der Waals surface area contributed by atoms with Gasteiger partial charge in [-0.05, 0) is 75.0 Å². The van der Waals surface area contributed by atoms with Gasteiger partial charge in [-0.2, -0.15) is 5.26 Å². The van der Waals surface area contributed by atoms with Crippen LogP contribution in [-0.4, -0.2) is 0 Å². The van der Waals surface area contributed by atoms with E-state index in [4.69, 9.17) is 5.26 Å². The Morgan fingerprint density at radius 2 is 1.95 bits per heavy atom. The summed E-state index contributed by atoms with van der Waals surface area (Å²) in [7, 11) is 0. The van der Waals surface area contributed by atoms with Crippen LogP contribution >= 0.6 is 0 Å². The number of rotatable bonds is 2. The Kier molecular flexibility index (Phi) is 4.43. The second-order valence-corrected chi connectivity index (χ2v) is 6.53. The molecular weight excluding hydrogens is 273 g/mol. The Morgan fingerprint density at radius 1 is 1.18 bits per heavy atom. The lowest BCUT2D eigenvalue weighted by Gasteiger charge is -2.33. The van der Waals surface area contributed by atoms with E-state index in [2.05, 4.69) is 19.1 Å². The van der Waals surface area contributed by atoms with Gasteiger partial charge in [-0.3, -0.25) is 0 Å². The van der Waals surface area contributed by atoms with Gasteiger partial charge in [0.05, 0.1) is 5.56 Å². The van der Waals surface area contributed by atoms with Gasteiger partial charge in [0.1, 0.15) is 11.9 Å². The van der Waals surface area contributed by atoms with Gasteiger partial charge in [-0.25, -0.2) is 4.39 Å². The number of benzene rings is 1. The Balaban J connectivity index is 1.75. The summed E-state index contributed by atoms with van der Waals surface area (Å²) in [5, 5.41) is 8.84. The van der Waals surface area contributed by atoms with Crippen molar-refractivity contribution < 1.29 is 4.39 Å². The molecule has 2 atom stereocenters. The highest BCUT2D eigenvalue weighted by atomic mass is 19.1. The molecule has 2 aliphatic carbocycles. The van der Waals surface area contributed by atoms with E-state index in [0.717, 1.165) is 24.8 Å². The first-order valence-corrected chi connectivity index (χ1v) is 8.23. The molecule has 1 nitrogen and oxygen atoms in total. The van der Waals surface area contributed by atoms with Crippen molar-refractivity contribution in [3.63, 3.8) is 0 Å². The third-order valence-electron chi connectivity index (χ3n) is 5.16. The number of halogens is 1. The van der Waals surface area contributed by atoms with Gasteiger partial charge in [-0.15, -0.1) is 0 Å². The molecule has 0 aromatic heterocycles. The van der Waals surface area contributed by atoms with Crippen LogP contribution < -0.4 is 0 Å². The molecule has 1 aromatic carbocycles. The zero-order chi connectivity index (χ0) is 15.5. The smallest absolute Gasteiger partial charge is 0.141 e. The molecule has 3 rings (SSSR count). The van der Waals surface area contributed by atoms with Crippen molar-refractivity contribution >= 4 is 0 Å². The maximum atomic E-state index is 13.8. The van der Waals surface area contributed by atoms with Crippen molar-refractivity contribution in [2.24, 2.45) is 5.92 Å². The van der Waals surface area contributed by atoms with Gasteiger partial charge < -0.3 is 0 Å². The zero-order valence-electron chi connectivity index (χ0n) is 13.1. The maximum Gasteiger partial charge on any atom is 0.141 e. The number of nitrogens with zero attached hydrogens (tertiary/aromatic N) is 1. The summed E-state index contributed by atoms with van der Waals surface area (Å²) in [6.45, 7) is 2.10. The molecule has 2 aliphatic rings. The predicted molar refractivity (Wildman–Crippen MR) is 86.9 cm³/mol. The van der Waals surface area contributed by atoms with Crippen LogP contribution in [0.3, 0.4) is 0 Å². The highest BCUT2D eigenvalue weighted by Crippen LogP contribution is 2.44. The maximum absolute atomic E-state index is 13.8. The lowest BCUT2D eigenvalue weighted by Crippen LogP contribution is -2.16. The highest BCUT2D eigenvalue weighted by Gasteiger charge is 2.27. The summed E-state index contributed by atoms with van der Waals surface area (Å²) in [5.74, 6) is 0.753. The fraction of sp³-hybridized carbons (Fsp3) is 0.450. The molecule has 2 heteroatoms. The topological polar surface area (TPSA) is 23.8 Å². The summed E-state index contributed by atoms with van der Waals surface area (Å²) in [5.41, 5.74) is 4.46. The van der Waals surface area contributed by atoms with Gasteiger partial charge in [-0.1, -0.05) is 29.4 Å². The van der Waals surface area contributed by atoms with Crippen molar-refractivity contribution in [3.05, 3.63) is 58.4 Å². The molecule has 0 amide bonds. The summed E-state index contributed by atoms with van der Waals surface area (Å²) >= 11 is 0. The fourth-order valence-electron chi connectivity index (χ4n) is 3.97. The van der Waals surface area contributed by atoms with E-state index in [1.165, 1.54) is 19.3 Å². The van der Waals surface area contributed by atoms with Crippen LogP contribution in [0.15, 0.2) is 41.5 Å². The minimum atomic E-state index is -0.378. The van der Waals surface area contributed by atoms with Crippen LogP contribution in [0.25, 0.3) is 0 Å². The van der Waals surface area contributed by atoms with Crippen molar-refractivity contribution in [3.8, 4) is 6.07 Å². The first-order chi connectivity index (χ1) is 10.7. The summed E-state index contributed by atoms with van der Waals surface area (Å²) in [6, 6.07) is 7.02. The lowest BCUT2D eigenvalue weighted by molar-refractivity contribution is 0.461. The fourth-order valence-corrected chi connectivity index (χ4v) is 3.97. The Bertz CT molecular complexity index is 663. The summed E-state index contributed by atoms with van der Waals surface area (Å²) in [6.07, 6.45) is 11.5. The molecule has 0 heterocycles. The zero-order valence-corrected chi connectivity index (χ0v) is 13.1. The van der Waals surface area contributed by atoms with E-state index in [0.29, 0.717) is 11.8 Å². The van der Waals surface area contributed by atoms with Gasteiger partial charge in [0, 0.05) is 0 Å². The largest absolute Gasteiger partial charge is 0.206 e. The van der Waals surface area contributed by atoms with Gasteiger partial charge in [0.15, 0.2) is 0 Å². The summed E-state index contributed by atoms with van der Waals surface area (Å²) in [4.78, 5) is 0. The Morgan fingerprint density at radius 3 is 2.68 bits per heavy atom. The predicted octanol–water partition coefficient (Wildman–Crippen LogP) is 5.64. The van der Waals surface area contributed by atoms with E-state index >= 15 is 0 Å². The SMILES string of the molecule is CC=CC1CCC2=C(CCC(c3ccc(C#N)c(F)c3)C2)C1. The summed E-state index contributed by atoms with van der Waals surface area (Å²) < 4.78 is 13.8. The van der Waals surface area contributed by atoms with Crippen molar-refractivity contribution in [1.29, 1.82) is 5.26 Å². The van der Waals surface area contributed by atoms with Crippen LogP contribution in [0.5, 0.6) is 0 Å². The number of nitriles is 1. The average Bonchev–Trinajstić information content (AvgIpc) is 2.54. The third kappa shape index (κ3) is 2.99. The molecule has 0 radical (unpaired) electrons. The Hall–Kier alpha value is -1.88. The van der Waals surface area contributed by atoms with Gasteiger partial charge >= 0.3 is 0 Å². The molecule has 0 saturated heterocycles. The normalized spacial score (nSPS) is 25.1. The molecule has 1 aromatic rings. The third-order valence-corrected chi connectivity index (χ3v) is 5.16. The monoisotopic (exact) mass is 295 g/mol. The van der Waals surface area contributed by atoms with E-state index in [9.17, 15) is 4.39 Å². The van der Waals surface area contributed by atoms with Crippen LogP contribution in [-0.2, 0) is 0 Å². The van der Waals surface area contributed by atoms with Crippen molar-refractivity contribution in [2.75, 3.05) is 0 Å². The van der Waals surface area contributed by atoms with Gasteiger partial charge in [0.2, 0.25) is 0 Å². The quantitative estimate of drug-likeness (QED) is 0.648. The van der Waals surface area contributed by atoms with Crippen LogP contribution in [0.4, 0.5) is 4.39 Å². The highest BCUT2D eigenvalue weighted by molar-refractivity contribution is 5.36. The Labute approximate surface area is 132 Å². The second-order valence-electron chi connectivity index (χ2n) is 6.53. The first-order valence-electron chi connectivity index (χ1n) is 8.23. The molecule has 22 heavy (non-hydrogen) atoms. The van der Waals surface area contributed by atoms with E-state index in [1.807, 2.05) is 12.1 Å². The number of hydrogen-bond acceptors (Lipinski definition) is 1. The number of allylic oxidation sites excluding steroid dienone is 4. The second kappa shape index (κ2) is 6.48. The number of hydrogen-bond donors (Lipinski definition) is 0. The lowest BCUT2D eigenvalue weighted by atomic mass is 9.72. The molecule has 0 saturated carbocycles. The molecule has 0 bridgehead atoms. The molecule has 0 fully saturated rings. The van der Waals surface area contributed by atoms with Gasteiger partial charge in [0.25, 0.3) is 0 Å².